The van der Waals surface area contributed by atoms with Crippen molar-refractivity contribution in [2.75, 3.05) is 20.3 Å². The molecule has 0 aliphatic rings. The zero-order valence-corrected chi connectivity index (χ0v) is 15.3. The van der Waals surface area contributed by atoms with Crippen molar-refractivity contribution < 1.29 is 19.0 Å². The molecule has 1 atom stereocenters. The summed E-state index contributed by atoms with van der Waals surface area (Å²) in [7, 11) is 1.58. The van der Waals surface area contributed by atoms with Crippen LogP contribution in [0.4, 0.5) is 0 Å². The van der Waals surface area contributed by atoms with E-state index in [0.717, 1.165) is 5.56 Å². The second-order valence-corrected chi connectivity index (χ2v) is 5.87. The first-order valence-electron chi connectivity index (χ1n) is 7.97. The number of para-hydroxylation sites is 2. The molecule has 0 aromatic heterocycles. The van der Waals surface area contributed by atoms with E-state index in [9.17, 15) is 4.79 Å². The Labute approximate surface area is 152 Å². The highest BCUT2D eigenvalue weighted by Crippen LogP contribution is 2.25. The number of nitrogens with one attached hydrogen (secondary N) is 1. The van der Waals surface area contributed by atoms with Crippen LogP contribution in [0.5, 0.6) is 17.2 Å². The van der Waals surface area contributed by atoms with Gasteiger partial charge in [-0.15, -0.1) is 0 Å². The molecule has 2 aromatic carbocycles. The molecule has 2 rings (SSSR count). The van der Waals surface area contributed by atoms with Gasteiger partial charge in [-0.3, -0.25) is 4.79 Å². The second-order valence-electron chi connectivity index (χ2n) is 5.46. The summed E-state index contributed by atoms with van der Waals surface area (Å²) in [4.78, 5) is 12.1. The Morgan fingerprint density at radius 1 is 1.20 bits per heavy atom. The first kappa shape index (κ1) is 18.9. The summed E-state index contributed by atoms with van der Waals surface area (Å²) in [6.45, 7) is 4.28. The Bertz CT molecular complexity index is 720. The van der Waals surface area contributed by atoms with Gasteiger partial charge in [0.2, 0.25) is 0 Å². The Morgan fingerprint density at radius 2 is 1.92 bits per heavy atom. The predicted octanol–water partition coefficient (Wildman–Crippen LogP) is 3.62. The van der Waals surface area contributed by atoms with E-state index in [1.54, 1.807) is 32.2 Å². The molecule has 0 fully saturated rings. The number of hydrogen-bond acceptors (Lipinski definition) is 4. The van der Waals surface area contributed by atoms with Gasteiger partial charge in [0.1, 0.15) is 12.4 Å². The number of aryl methyl sites for hydroxylation is 1. The number of methoxy groups -OCH3 is 1. The fraction of sp³-hybridized carbons (Fsp3) is 0.316. The Hall–Kier alpha value is -2.40. The molecule has 0 saturated heterocycles. The lowest BCUT2D eigenvalue weighted by atomic mass is 10.2. The zero-order chi connectivity index (χ0) is 18.2. The predicted molar refractivity (Wildman–Crippen MR) is 97.8 cm³/mol. The molecule has 2 aromatic rings. The van der Waals surface area contributed by atoms with Crippen LogP contribution < -0.4 is 19.5 Å². The van der Waals surface area contributed by atoms with Gasteiger partial charge in [-0.05, 0) is 49.7 Å². The fourth-order valence-corrected chi connectivity index (χ4v) is 2.28. The standard InChI is InChI=1S/C19H22ClNO4/c1-13-12-15(8-9-16(13)20)25-14(2)19(22)21-10-11-24-18-7-5-4-6-17(18)23-3/h4-9,12,14H,10-11H2,1-3H3,(H,21,22)/t14-/m0/s1. The van der Waals surface area contributed by atoms with Crippen molar-refractivity contribution in [1.82, 2.24) is 5.32 Å². The van der Waals surface area contributed by atoms with Crippen LogP contribution in [0.2, 0.25) is 5.02 Å². The number of hydrogen-bond donors (Lipinski definition) is 1. The fourth-order valence-electron chi connectivity index (χ4n) is 2.17. The molecule has 6 heteroatoms. The molecule has 0 radical (unpaired) electrons. The zero-order valence-electron chi connectivity index (χ0n) is 14.5. The van der Waals surface area contributed by atoms with Gasteiger partial charge in [0, 0.05) is 5.02 Å². The first-order chi connectivity index (χ1) is 12.0. The number of halogens is 1. The second kappa shape index (κ2) is 9.18. The molecular weight excluding hydrogens is 342 g/mol. The summed E-state index contributed by atoms with van der Waals surface area (Å²) < 4.78 is 16.4. The molecule has 25 heavy (non-hydrogen) atoms. The van der Waals surface area contributed by atoms with Crippen LogP contribution in [-0.2, 0) is 4.79 Å². The van der Waals surface area contributed by atoms with E-state index < -0.39 is 6.10 Å². The van der Waals surface area contributed by atoms with Crippen LogP contribution >= 0.6 is 11.6 Å². The van der Waals surface area contributed by atoms with E-state index in [1.807, 2.05) is 31.2 Å². The molecule has 0 aliphatic carbocycles. The van der Waals surface area contributed by atoms with E-state index >= 15 is 0 Å². The number of carbonyl (C=O) groups excluding carboxylic acids is 1. The topological polar surface area (TPSA) is 56.8 Å². The third-order valence-corrected chi connectivity index (χ3v) is 3.96. The molecule has 0 bridgehead atoms. The average molecular weight is 364 g/mol. The van der Waals surface area contributed by atoms with Crippen LogP contribution in [-0.4, -0.2) is 32.3 Å². The maximum absolute atomic E-state index is 12.1. The highest BCUT2D eigenvalue weighted by molar-refractivity contribution is 6.31. The van der Waals surface area contributed by atoms with Crippen molar-refractivity contribution >= 4 is 17.5 Å². The summed E-state index contributed by atoms with van der Waals surface area (Å²) in [5.74, 6) is 1.69. The Morgan fingerprint density at radius 3 is 2.60 bits per heavy atom. The van der Waals surface area contributed by atoms with Crippen LogP contribution in [0.25, 0.3) is 0 Å². The summed E-state index contributed by atoms with van der Waals surface area (Å²) in [5, 5.41) is 3.45. The van der Waals surface area contributed by atoms with Gasteiger partial charge in [0.05, 0.1) is 13.7 Å². The maximum atomic E-state index is 12.1. The van der Waals surface area contributed by atoms with E-state index in [0.29, 0.717) is 35.4 Å². The summed E-state index contributed by atoms with van der Waals surface area (Å²) in [5.41, 5.74) is 0.900. The molecule has 5 nitrogen and oxygen atoms in total. The molecule has 1 N–H and O–H groups in total. The Kier molecular flexibility index (Phi) is 6.95. The van der Waals surface area contributed by atoms with Gasteiger partial charge in [-0.25, -0.2) is 0 Å². The normalized spacial score (nSPS) is 11.5. The lowest BCUT2D eigenvalue weighted by molar-refractivity contribution is -0.127. The van der Waals surface area contributed by atoms with Crippen molar-refractivity contribution in [2.45, 2.75) is 20.0 Å². The number of carbonyl (C=O) groups is 1. The highest BCUT2D eigenvalue weighted by atomic mass is 35.5. The van der Waals surface area contributed by atoms with Crippen molar-refractivity contribution in [2.24, 2.45) is 0 Å². The van der Waals surface area contributed by atoms with Crippen molar-refractivity contribution in [1.29, 1.82) is 0 Å². The van der Waals surface area contributed by atoms with Crippen molar-refractivity contribution in [3.05, 3.63) is 53.1 Å². The number of rotatable bonds is 8. The minimum absolute atomic E-state index is 0.212. The van der Waals surface area contributed by atoms with Crippen LogP contribution in [0.15, 0.2) is 42.5 Å². The molecule has 0 heterocycles. The summed E-state index contributed by atoms with van der Waals surface area (Å²) in [6, 6.07) is 12.7. The van der Waals surface area contributed by atoms with E-state index in [4.69, 9.17) is 25.8 Å². The van der Waals surface area contributed by atoms with Crippen LogP contribution in [0.1, 0.15) is 12.5 Å². The monoisotopic (exact) mass is 363 g/mol. The highest BCUT2D eigenvalue weighted by Gasteiger charge is 2.14. The van der Waals surface area contributed by atoms with Gasteiger partial charge in [0.15, 0.2) is 17.6 Å². The Balaban J connectivity index is 1.76. The molecule has 0 aliphatic heterocycles. The van der Waals surface area contributed by atoms with Gasteiger partial charge in [0.25, 0.3) is 5.91 Å². The molecule has 0 unspecified atom stereocenters. The molecular formula is C19H22ClNO4. The van der Waals surface area contributed by atoms with E-state index in [-0.39, 0.29) is 5.91 Å². The lowest BCUT2D eigenvalue weighted by Gasteiger charge is -2.16. The van der Waals surface area contributed by atoms with Gasteiger partial charge >= 0.3 is 0 Å². The lowest BCUT2D eigenvalue weighted by Crippen LogP contribution is -2.38. The number of amides is 1. The van der Waals surface area contributed by atoms with Gasteiger partial charge in [-0.1, -0.05) is 23.7 Å². The molecule has 0 saturated carbocycles. The quantitative estimate of drug-likeness (QED) is 0.728. The van der Waals surface area contributed by atoms with E-state index in [1.165, 1.54) is 0 Å². The van der Waals surface area contributed by atoms with Gasteiger partial charge < -0.3 is 19.5 Å². The minimum Gasteiger partial charge on any atom is -0.493 e. The summed E-state index contributed by atoms with van der Waals surface area (Å²) >= 11 is 5.98. The SMILES string of the molecule is COc1ccccc1OCCNC(=O)[C@H](C)Oc1ccc(Cl)c(C)c1. The average Bonchev–Trinajstić information content (AvgIpc) is 2.62. The van der Waals surface area contributed by atoms with Gasteiger partial charge in [-0.2, -0.15) is 0 Å². The third kappa shape index (κ3) is 5.57. The van der Waals surface area contributed by atoms with Crippen LogP contribution in [0.3, 0.4) is 0 Å². The van der Waals surface area contributed by atoms with Crippen molar-refractivity contribution in [3.63, 3.8) is 0 Å². The van der Waals surface area contributed by atoms with Crippen molar-refractivity contribution in [3.8, 4) is 17.2 Å². The largest absolute Gasteiger partial charge is 0.493 e. The maximum Gasteiger partial charge on any atom is 0.260 e. The number of ether oxygens (including phenoxy) is 3. The third-order valence-electron chi connectivity index (χ3n) is 3.54. The summed E-state index contributed by atoms with van der Waals surface area (Å²) in [6.07, 6.45) is -0.619. The minimum atomic E-state index is -0.619. The molecule has 0 spiro atoms. The van der Waals surface area contributed by atoms with Crippen LogP contribution in [0, 0.1) is 6.92 Å². The molecule has 134 valence electrons. The molecule has 1 amide bonds. The number of benzene rings is 2. The van der Waals surface area contributed by atoms with E-state index in [2.05, 4.69) is 5.32 Å². The first-order valence-corrected chi connectivity index (χ1v) is 8.35. The smallest absolute Gasteiger partial charge is 0.260 e.